The third-order valence-electron chi connectivity index (χ3n) is 6.18. The molecule has 2 fully saturated rings. The summed E-state index contributed by atoms with van der Waals surface area (Å²) in [6.07, 6.45) is 6.73. The van der Waals surface area contributed by atoms with Gasteiger partial charge >= 0.3 is 0 Å². The van der Waals surface area contributed by atoms with E-state index in [4.69, 9.17) is 9.72 Å². The molecule has 132 valence electrons. The monoisotopic (exact) mass is 336 g/mol. The number of hydrogen-bond donors (Lipinski definition) is 0. The maximum absolute atomic E-state index is 5.70. The van der Waals surface area contributed by atoms with Crippen LogP contribution in [0.4, 0.5) is 0 Å². The van der Waals surface area contributed by atoms with Crippen LogP contribution in [0.5, 0.6) is 0 Å². The molecule has 0 saturated carbocycles. The van der Waals surface area contributed by atoms with Crippen LogP contribution in [-0.2, 0) is 16.7 Å². The minimum atomic E-state index is 0.221. The van der Waals surface area contributed by atoms with Gasteiger partial charge in [-0.05, 0) is 62.4 Å². The van der Waals surface area contributed by atoms with Crippen LogP contribution < -0.4 is 0 Å². The Kier molecular flexibility index (Phi) is 5.14. The Hall–Kier alpha value is -1.71. The molecule has 0 amide bonds. The molecule has 0 unspecified atom stereocenters. The van der Waals surface area contributed by atoms with Gasteiger partial charge in [0.15, 0.2) is 0 Å². The van der Waals surface area contributed by atoms with E-state index in [0.717, 1.165) is 38.5 Å². The second kappa shape index (κ2) is 7.67. The van der Waals surface area contributed by atoms with Crippen LogP contribution >= 0.6 is 0 Å². The highest BCUT2D eigenvalue weighted by molar-refractivity contribution is 5.20. The highest BCUT2D eigenvalue weighted by atomic mass is 16.5. The standard InChI is InChI=1S/C22H28N2O/c1-2-6-19(7-3-1)18-24-14-9-20(10-15-24)22(11-16-25-17-12-22)21-8-4-5-13-23-21/h1-8,13,20H,9-12,14-18H2. The fourth-order valence-electron chi connectivity index (χ4n) is 4.75. The molecule has 1 aromatic heterocycles. The zero-order chi connectivity index (χ0) is 17.0. The smallest absolute Gasteiger partial charge is 0.0475 e. The van der Waals surface area contributed by atoms with E-state index < -0.39 is 0 Å². The predicted octanol–water partition coefficient (Wildman–Crippen LogP) is 4.04. The van der Waals surface area contributed by atoms with Crippen molar-refractivity contribution in [1.29, 1.82) is 0 Å². The highest BCUT2D eigenvalue weighted by Crippen LogP contribution is 2.45. The fraction of sp³-hybridized carbons (Fsp3) is 0.500. The number of hydrogen-bond acceptors (Lipinski definition) is 3. The van der Waals surface area contributed by atoms with Crippen LogP contribution in [-0.4, -0.2) is 36.2 Å². The Balaban J connectivity index is 1.46. The minimum absolute atomic E-state index is 0.221. The summed E-state index contributed by atoms with van der Waals surface area (Å²) in [4.78, 5) is 7.38. The average Bonchev–Trinajstić information content (AvgIpc) is 2.70. The lowest BCUT2D eigenvalue weighted by molar-refractivity contribution is 0.00561. The van der Waals surface area contributed by atoms with Gasteiger partial charge in [0.25, 0.3) is 0 Å². The van der Waals surface area contributed by atoms with Crippen molar-refractivity contribution >= 4 is 0 Å². The van der Waals surface area contributed by atoms with E-state index in [-0.39, 0.29) is 5.41 Å². The van der Waals surface area contributed by atoms with E-state index in [9.17, 15) is 0 Å². The van der Waals surface area contributed by atoms with Crippen LogP contribution in [0.15, 0.2) is 54.7 Å². The van der Waals surface area contributed by atoms with Crippen LogP contribution in [0.25, 0.3) is 0 Å². The van der Waals surface area contributed by atoms with E-state index >= 15 is 0 Å². The third kappa shape index (κ3) is 3.63. The molecule has 3 nitrogen and oxygen atoms in total. The van der Waals surface area contributed by atoms with Gasteiger partial charge in [-0.3, -0.25) is 9.88 Å². The Morgan fingerprint density at radius 3 is 2.36 bits per heavy atom. The van der Waals surface area contributed by atoms with E-state index in [1.807, 2.05) is 12.3 Å². The molecule has 3 heterocycles. The van der Waals surface area contributed by atoms with Gasteiger partial charge in [0.2, 0.25) is 0 Å². The maximum atomic E-state index is 5.70. The van der Waals surface area contributed by atoms with E-state index in [1.165, 1.54) is 37.2 Å². The molecule has 25 heavy (non-hydrogen) atoms. The topological polar surface area (TPSA) is 25.4 Å². The molecule has 2 aliphatic rings. The first-order chi connectivity index (χ1) is 12.4. The molecule has 2 aromatic rings. The van der Waals surface area contributed by atoms with Gasteiger partial charge in [-0.2, -0.15) is 0 Å². The lowest BCUT2D eigenvalue weighted by Gasteiger charge is -2.46. The summed E-state index contributed by atoms with van der Waals surface area (Å²) >= 11 is 0. The van der Waals surface area contributed by atoms with Gasteiger partial charge in [0.1, 0.15) is 0 Å². The first-order valence-electron chi connectivity index (χ1n) is 9.62. The van der Waals surface area contributed by atoms with Crippen molar-refractivity contribution in [2.75, 3.05) is 26.3 Å². The number of likely N-dealkylation sites (tertiary alicyclic amines) is 1. The van der Waals surface area contributed by atoms with Gasteiger partial charge in [0.05, 0.1) is 0 Å². The lowest BCUT2D eigenvalue weighted by atomic mass is 9.64. The second-order valence-electron chi connectivity index (χ2n) is 7.52. The van der Waals surface area contributed by atoms with E-state index in [2.05, 4.69) is 47.4 Å². The van der Waals surface area contributed by atoms with Crippen molar-refractivity contribution in [2.45, 2.75) is 37.6 Å². The van der Waals surface area contributed by atoms with Crippen molar-refractivity contribution in [3.63, 3.8) is 0 Å². The largest absolute Gasteiger partial charge is 0.381 e. The molecule has 3 heteroatoms. The van der Waals surface area contributed by atoms with Crippen molar-refractivity contribution in [3.8, 4) is 0 Å². The molecule has 0 spiro atoms. The number of ether oxygens (including phenoxy) is 1. The number of nitrogens with zero attached hydrogens (tertiary/aromatic N) is 2. The Morgan fingerprint density at radius 1 is 0.960 bits per heavy atom. The number of pyridine rings is 1. The molecule has 0 bridgehead atoms. The van der Waals surface area contributed by atoms with Crippen molar-refractivity contribution in [1.82, 2.24) is 9.88 Å². The second-order valence-corrected chi connectivity index (χ2v) is 7.52. The predicted molar refractivity (Wildman–Crippen MR) is 100 cm³/mol. The van der Waals surface area contributed by atoms with Gasteiger partial charge in [-0.25, -0.2) is 0 Å². The zero-order valence-corrected chi connectivity index (χ0v) is 14.9. The fourth-order valence-corrected chi connectivity index (χ4v) is 4.75. The maximum Gasteiger partial charge on any atom is 0.0475 e. The molecular weight excluding hydrogens is 308 g/mol. The van der Waals surface area contributed by atoms with Crippen LogP contribution in [0.2, 0.25) is 0 Å². The molecule has 0 N–H and O–H groups in total. The van der Waals surface area contributed by atoms with Crippen LogP contribution in [0.3, 0.4) is 0 Å². The van der Waals surface area contributed by atoms with Gasteiger partial charge in [0, 0.05) is 37.1 Å². The van der Waals surface area contributed by atoms with E-state index in [1.54, 1.807) is 0 Å². The number of benzene rings is 1. The number of piperidine rings is 1. The first-order valence-corrected chi connectivity index (χ1v) is 9.62. The Labute approximate surface area is 151 Å². The summed E-state index contributed by atoms with van der Waals surface area (Å²) < 4.78 is 5.70. The normalized spacial score (nSPS) is 21.9. The van der Waals surface area contributed by atoms with E-state index in [0.29, 0.717) is 0 Å². The molecule has 0 aliphatic carbocycles. The molecule has 1 aromatic carbocycles. The zero-order valence-electron chi connectivity index (χ0n) is 14.9. The highest BCUT2D eigenvalue weighted by Gasteiger charge is 2.43. The van der Waals surface area contributed by atoms with Gasteiger partial charge in [-0.1, -0.05) is 36.4 Å². The first kappa shape index (κ1) is 16.7. The van der Waals surface area contributed by atoms with Gasteiger partial charge in [-0.15, -0.1) is 0 Å². The Morgan fingerprint density at radius 2 is 1.68 bits per heavy atom. The number of aromatic nitrogens is 1. The van der Waals surface area contributed by atoms with Crippen molar-refractivity contribution in [2.24, 2.45) is 5.92 Å². The molecule has 0 radical (unpaired) electrons. The molecular formula is C22H28N2O. The lowest BCUT2D eigenvalue weighted by Crippen LogP contribution is -2.46. The van der Waals surface area contributed by atoms with Gasteiger partial charge < -0.3 is 4.74 Å². The summed E-state index contributed by atoms with van der Waals surface area (Å²) in [6, 6.07) is 17.3. The SMILES string of the molecule is c1ccc(CN2CCC(C3(c4ccccn4)CCOCC3)CC2)cc1. The number of rotatable bonds is 4. The molecule has 4 rings (SSSR count). The molecule has 0 atom stereocenters. The molecule has 2 aliphatic heterocycles. The summed E-state index contributed by atoms with van der Waals surface area (Å²) in [5.41, 5.74) is 2.93. The minimum Gasteiger partial charge on any atom is -0.381 e. The average molecular weight is 336 g/mol. The third-order valence-corrected chi connectivity index (χ3v) is 6.18. The van der Waals surface area contributed by atoms with Crippen LogP contribution in [0.1, 0.15) is 36.9 Å². The van der Waals surface area contributed by atoms with Crippen LogP contribution in [0, 0.1) is 5.92 Å². The molecule has 2 saturated heterocycles. The summed E-state index contributed by atoms with van der Waals surface area (Å²) in [5, 5.41) is 0. The summed E-state index contributed by atoms with van der Waals surface area (Å²) in [7, 11) is 0. The van der Waals surface area contributed by atoms with Crippen molar-refractivity contribution < 1.29 is 4.74 Å². The summed E-state index contributed by atoms with van der Waals surface area (Å²) in [6.45, 7) is 5.21. The Bertz CT molecular complexity index is 644. The quantitative estimate of drug-likeness (QED) is 0.842. The van der Waals surface area contributed by atoms with Crippen molar-refractivity contribution in [3.05, 3.63) is 66.0 Å². The summed E-state index contributed by atoms with van der Waals surface area (Å²) in [5.74, 6) is 0.721.